The van der Waals surface area contributed by atoms with Gasteiger partial charge < -0.3 is 4.74 Å². The third-order valence-corrected chi connectivity index (χ3v) is 6.69. The molecule has 0 aliphatic rings. The van der Waals surface area contributed by atoms with E-state index >= 15 is 0 Å². The smallest absolute Gasteiger partial charge is 0.261 e. The fraction of sp³-hybridized carbons (Fsp3) is 0.346. The molecule has 8 heteroatoms. The molecular formula is C26H29N5O2S. The Morgan fingerprint density at radius 3 is 2.50 bits per heavy atom. The molecule has 176 valence electrons. The Bertz CT molecular complexity index is 1420. The standard InChI is InChI=1S/C26H29N5O2S/c1-14(2)25-28-11-15(3)23(30-25)22-10-21(8-9-27-22)31-18(6)16(4)24(17(5)26(31)32)33-12-20-13-34-19(7)29-20/h8-11,13-14H,12H2,1-7H3. The quantitative estimate of drug-likeness (QED) is 0.372. The van der Waals surface area contributed by atoms with E-state index in [4.69, 9.17) is 9.72 Å². The second-order valence-electron chi connectivity index (χ2n) is 8.77. The number of rotatable bonds is 6. The lowest BCUT2D eigenvalue weighted by molar-refractivity contribution is 0.296. The number of hydrogen-bond acceptors (Lipinski definition) is 7. The second-order valence-corrected chi connectivity index (χ2v) is 9.83. The van der Waals surface area contributed by atoms with Crippen molar-refractivity contribution in [3.63, 3.8) is 0 Å². The van der Waals surface area contributed by atoms with E-state index in [9.17, 15) is 4.79 Å². The lowest BCUT2D eigenvalue weighted by Gasteiger charge is -2.19. The molecule has 0 radical (unpaired) electrons. The SMILES string of the molecule is Cc1nc(COc2c(C)c(C)n(-c3ccnc(-c4nc(C(C)C)ncc4C)c3)c(=O)c2C)cs1. The summed E-state index contributed by atoms with van der Waals surface area (Å²) in [6, 6.07) is 3.75. The van der Waals surface area contributed by atoms with Crippen LogP contribution >= 0.6 is 11.3 Å². The van der Waals surface area contributed by atoms with Gasteiger partial charge >= 0.3 is 0 Å². The molecule has 34 heavy (non-hydrogen) atoms. The minimum absolute atomic E-state index is 0.119. The van der Waals surface area contributed by atoms with Gasteiger partial charge in [-0.1, -0.05) is 13.8 Å². The molecule has 4 aromatic heterocycles. The molecule has 4 aromatic rings. The van der Waals surface area contributed by atoms with Crippen molar-refractivity contribution in [2.45, 2.75) is 61.0 Å². The highest BCUT2D eigenvalue weighted by molar-refractivity contribution is 7.09. The Labute approximate surface area is 203 Å². The van der Waals surface area contributed by atoms with Crippen molar-refractivity contribution < 1.29 is 4.74 Å². The molecule has 0 spiro atoms. The molecule has 0 bridgehead atoms. The molecule has 0 saturated carbocycles. The molecule has 0 saturated heterocycles. The lowest BCUT2D eigenvalue weighted by Crippen LogP contribution is -2.25. The van der Waals surface area contributed by atoms with E-state index in [1.165, 1.54) is 0 Å². The molecule has 4 heterocycles. The van der Waals surface area contributed by atoms with Crippen LogP contribution in [-0.4, -0.2) is 24.5 Å². The first-order valence-electron chi connectivity index (χ1n) is 11.2. The van der Waals surface area contributed by atoms with Crippen LogP contribution in [-0.2, 0) is 6.61 Å². The van der Waals surface area contributed by atoms with Gasteiger partial charge in [0.05, 0.1) is 33.3 Å². The van der Waals surface area contributed by atoms with Crippen LogP contribution < -0.4 is 10.3 Å². The summed E-state index contributed by atoms with van der Waals surface area (Å²) in [5.41, 5.74) is 6.21. The maximum Gasteiger partial charge on any atom is 0.261 e. The lowest BCUT2D eigenvalue weighted by atomic mass is 10.1. The molecule has 0 aromatic carbocycles. The van der Waals surface area contributed by atoms with Crippen molar-refractivity contribution in [3.8, 4) is 22.8 Å². The van der Waals surface area contributed by atoms with Crippen LogP contribution in [0.3, 0.4) is 0 Å². The fourth-order valence-corrected chi connectivity index (χ4v) is 4.46. The minimum atomic E-state index is -0.119. The molecule has 0 aliphatic carbocycles. The topological polar surface area (TPSA) is 82.8 Å². The number of aryl methyl sites for hydroxylation is 2. The Morgan fingerprint density at radius 1 is 1.06 bits per heavy atom. The van der Waals surface area contributed by atoms with Crippen LogP contribution in [0.25, 0.3) is 17.1 Å². The van der Waals surface area contributed by atoms with Gasteiger partial charge in [-0.25, -0.2) is 15.0 Å². The highest BCUT2D eigenvalue weighted by Gasteiger charge is 2.18. The number of hydrogen-bond donors (Lipinski definition) is 0. The van der Waals surface area contributed by atoms with Crippen LogP contribution in [0.15, 0.2) is 34.7 Å². The summed E-state index contributed by atoms with van der Waals surface area (Å²) in [6.45, 7) is 14.1. The van der Waals surface area contributed by atoms with Gasteiger partial charge in [0.15, 0.2) is 0 Å². The Morgan fingerprint density at radius 2 is 1.82 bits per heavy atom. The Hall–Kier alpha value is -3.39. The monoisotopic (exact) mass is 475 g/mol. The van der Waals surface area contributed by atoms with Gasteiger partial charge in [-0.2, -0.15) is 0 Å². The average Bonchev–Trinajstić information content (AvgIpc) is 3.23. The van der Waals surface area contributed by atoms with Crippen molar-refractivity contribution in [2.75, 3.05) is 0 Å². The molecular weight excluding hydrogens is 446 g/mol. The summed E-state index contributed by atoms with van der Waals surface area (Å²) in [5.74, 6) is 1.59. The maximum absolute atomic E-state index is 13.5. The number of aromatic nitrogens is 5. The first kappa shape index (κ1) is 23.8. The van der Waals surface area contributed by atoms with Gasteiger partial charge in [-0.05, 0) is 52.3 Å². The van der Waals surface area contributed by atoms with Gasteiger partial charge in [-0.3, -0.25) is 14.3 Å². The summed E-state index contributed by atoms with van der Waals surface area (Å²) >= 11 is 1.58. The van der Waals surface area contributed by atoms with Crippen LogP contribution in [0.4, 0.5) is 0 Å². The summed E-state index contributed by atoms with van der Waals surface area (Å²) in [4.78, 5) is 31.6. The molecule has 0 aliphatic heterocycles. The third kappa shape index (κ3) is 4.50. The molecule has 0 amide bonds. The van der Waals surface area contributed by atoms with Crippen LogP contribution in [0.1, 0.15) is 58.7 Å². The van der Waals surface area contributed by atoms with Crippen molar-refractivity contribution in [1.29, 1.82) is 0 Å². The van der Waals surface area contributed by atoms with Crippen LogP contribution in [0, 0.1) is 34.6 Å². The summed E-state index contributed by atoms with van der Waals surface area (Å²) in [6.07, 6.45) is 3.54. The number of thiazole rings is 1. The summed E-state index contributed by atoms with van der Waals surface area (Å²) in [7, 11) is 0. The summed E-state index contributed by atoms with van der Waals surface area (Å²) < 4.78 is 7.78. The molecule has 0 atom stereocenters. The van der Waals surface area contributed by atoms with E-state index < -0.39 is 0 Å². The zero-order valence-electron chi connectivity index (χ0n) is 20.6. The highest BCUT2D eigenvalue weighted by atomic mass is 32.1. The van der Waals surface area contributed by atoms with Crippen molar-refractivity contribution in [2.24, 2.45) is 0 Å². The average molecular weight is 476 g/mol. The Balaban J connectivity index is 1.76. The predicted octanol–water partition coefficient (Wildman–Crippen LogP) is 5.39. The van der Waals surface area contributed by atoms with Gasteiger partial charge in [0, 0.05) is 34.9 Å². The predicted molar refractivity (Wildman–Crippen MR) is 135 cm³/mol. The van der Waals surface area contributed by atoms with E-state index in [0.29, 0.717) is 23.6 Å². The zero-order valence-corrected chi connectivity index (χ0v) is 21.4. The van der Waals surface area contributed by atoms with E-state index in [-0.39, 0.29) is 11.5 Å². The molecule has 0 unspecified atom stereocenters. The van der Waals surface area contributed by atoms with Gasteiger partial charge in [-0.15, -0.1) is 11.3 Å². The van der Waals surface area contributed by atoms with E-state index in [2.05, 4.69) is 28.8 Å². The van der Waals surface area contributed by atoms with Crippen LogP contribution in [0.2, 0.25) is 0 Å². The minimum Gasteiger partial charge on any atom is -0.486 e. The number of nitrogens with zero attached hydrogens (tertiary/aromatic N) is 5. The molecule has 0 N–H and O–H groups in total. The molecule has 4 rings (SSSR count). The van der Waals surface area contributed by atoms with E-state index in [1.807, 2.05) is 51.4 Å². The molecule has 0 fully saturated rings. The zero-order chi connectivity index (χ0) is 24.6. The number of ether oxygens (including phenoxy) is 1. The van der Waals surface area contributed by atoms with Crippen molar-refractivity contribution in [3.05, 3.63) is 79.2 Å². The first-order valence-corrected chi connectivity index (χ1v) is 12.1. The van der Waals surface area contributed by atoms with Gasteiger partial charge in [0.2, 0.25) is 0 Å². The third-order valence-electron chi connectivity index (χ3n) is 5.87. The largest absolute Gasteiger partial charge is 0.486 e. The normalized spacial score (nSPS) is 11.3. The Kier molecular flexibility index (Phi) is 6.61. The highest BCUT2D eigenvalue weighted by Crippen LogP contribution is 2.28. The van der Waals surface area contributed by atoms with Gasteiger partial charge in [0.25, 0.3) is 5.56 Å². The van der Waals surface area contributed by atoms with E-state index in [1.54, 1.807) is 29.0 Å². The van der Waals surface area contributed by atoms with E-state index in [0.717, 1.165) is 44.7 Å². The molecule has 7 nitrogen and oxygen atoms in total. The summed E-state index contributed by atoms with van der Waals surface area (Å²) in [5, 5.41) is 2.97. The second kappa shape index (κ2) is 9.46. The maximum atomic E-state index is 13.5. The van der Waals surface area contributed by atoms with Crippen LogP contribution in [0.5, 0.6) is 5.75 Å². The van der Waals surface area contributed by atoms with Gasteiger partial charge in [0.1, 0.15) is 18.2 Å². The van der Waals surface area contributed by atoms with Crippen molar-refractivity contribution in [1.82, 2.24) is 24.5 Å². The van der Waals surface area contributed by atoms with Crippen molar-refractivity contribution >= 4 is 11.3 Å². The number of pyridine rings is 2. The fourth-order valence-electron chi connectivity index (χ4n) is 3.86. The first-order chi connectivity index (χ1) is 16.2.